The second kappa shape index (κ2) is 7.04. The molecule has 0 saturated carbocycles. The normalized spacial score (nSPS) is 13.9. The number of hydrogen-bond acceptors (Lipinski definition) is 5. The molecule has 114 valence electrons. The average molecular weight is 327 g/mol. The molecule has 0 aliphatic carbocycles. The van der Waals surface area contributed by atoms with Gasteiger partial charge < -0.3 is 10.6 Å². The summed E-state index contributed by atoms with van der Waals surface area (Å²) in [6.45, 7) is 5.91. The van der Waals surface area contributed by atoms with Crippen LogP contribution < -0.4 is 10.6 Å². The third-order valence-electron chi connectivity index (χ3n) is 3.24. The van der Waals surface area contributed by atoms with Gasteiger partial charge >= 0.3 is 0 Å². The lowest BCUT2D eigenvalue weighted by molar-refractivity contribution is -0.122. The maximum atomic E-state index is 12.2. The van der Waals surface area contributed by atoms with Crippen molar-refractivity contribution < 1.29 is 4.79 Å². The molecule has 1 aromatic carbocycles. The number of carbonyl (C=O) groups excluding carboxylic acids is 1. The van der Waals surface area contributed by atoms with Gasteiger partial charge in [-0.1, -0.05) is 24.9 Å². The number of carbonyl (C=O) groups is 1. The molecule has 0 radical (unpaired) electrons. The number of anilines is 1. The zero-order chi connectivity index (χ0) is 15.4. The van der Waals surface area contributed by atoms with Gasteiger partial charge in [0.15, 0.2) is 0 Å². The van der Waals surface area contributed by atoms with Crippen molar-refractivity contribution in [2.45, 2.75) is 45.7 Å². The van der Waals surface area contributed by atoms with E-state index in [9.17, 15) is 4.79 Å². The van der Waals surface area contributed by atoms with Crippen LogP contribution >= 0.6 is 23.3 Å². The zero-order valence-corrected chi connectivity index (χ0v) is 13.9. The van der Waals surface area contributed by atoms with Crippen molar-refractivity contribution in [2.75, 3.05) is 5.32 Å². The number of halogens is 1. The van der Waals surface area contributed by atoms with Crippen molar-refractivity contribution in [3.05, 3.63) is 17.2 Å². The summed E-state index contributed by atoms with van der Waals surface area (Å²) in [5.41, 5.74) is 2.14. The summed E-state index contributed by atoms with van der Waals surface area (Å²) in [7, 11) is 0. The number of amides is 1. The van der Waals surface area contributed by atoms with Crippen LogP contribution in [0, 0.1) is 0 Å². The fourth-order valence-corrected chi connectivity index (χ4v) is 2.87. The first-order valence-electron chi connectivity index (χ1n) is 7.00. The molecule has 0 fully saturated rings. The third kappa shape index (κ3) is 3.83. The highest BCUT2D eigenvalue weighted by Crippen LogP contribution is 2.30. The summed E-state index contributed by atoms with van der Waals surface area (Å²) in [5.74, 6) is -0.0489. The molecule has 2 unspecified atom stereocenters. The molecule has 0 spiro atoms. The molecule has 0 bridgehead atoms. The molecule has 0 aliphatic heterocycles. The molecule has 0 aliphatic rings. The van der Waals surface area contributed by atoms with Crippen LogP contribution in [-0.4, -0.2) is 26.7 Å². The molecule has 7 heteroatoms. The van der Waals surface area contributed by atoms with E-state index < -0.39 is 6.04 Å². The smallest absolute Gasteiger partial charge is 0.242 e. The Kier molecular flexibility index (Phi) is 5.36. The van der Waals surface area contributed by atoms with Crippen LogP contribution in [0.2, 0.25) is 5.02 Å². The van der Waals surface area contributed by atoms with Gasteiger partial charge in [0.25, 0.3) is 0 Å². The van der Waals surface area contributed by atoms with E-state index in [0.29, 0.717) is 16.2 Å². The van der Waals surface area contributed by atoms with Gasteiger partial charge in [-0.05, 0) is 32.4 Å². The number of rotatable bonds is 6. The Morgan fingerprint density at radius 3 is 2.86 bits per heavy atom. The highest BCUT2D eigenvalue weighted by atomic mass is 35.5. The molecule has 0 saturated heterocycles. The number of benzene rings is 1. The Balaban J connectivity index is 2.10. The second-order valence-corrected chi connectivity index (χ2v) is 6.05. The van der Waals surface area contributed by atoms with Crippen molar-refractivity contribution in [1.82, 2.24) is 14.1 Å². The number of nitrogens with one attached hydrogen (secondary N) is 2. The van der Waals surface area contributed by atoms with Crippen molar-refractivity contribution in [3.63, 3.8) is 0 Å². The molecule has 1 heterocycles. The van der Waals surface area contributed by atoms with E-state index in [-0.39, 0.29) is 11.9 Å². The molecule has 2 aromatic rings. The monoisotopic (exact) mass is 326 g/mol. The molecular formula is C14H19ClN4OS. The number of fused-ring (bicyclic) bond motifs is 1. The van der Waals surface area contributed by atoms with Crippen molar-refractivity contribution in [1.29, 1.82) is 0 Å². The van der Waals surface area contributed by atoms with E-state index in [0.717, 1.165) is 30.1 Å². The topological polar surface area (TPSA) is 66.9 Å². The average Bonchev–Trinajstić information content (AvgIpc) is 2.90. The van der Waals surface area contributed by atoms with Gasteiger partial charge in [-0.15, -0.1) is 0 Å². The predicted molar refractivity (Wildman–Crippen MR) is 88.0 cm³/mol. The van der Waals surface area contributed by atoms with Crippen LogP contribution in [0.25, 0.3) is 11.0 Å². The van der Waals surface area contributed by atoms with Crippen molar-refractivity contribution in [2.24, 2.45) is 0 Å². The maximum Gasteiger partial charge on any atom is 0.242 e. The first-order valence-corrected chi connectivity index (χ1v) is 8.11. The molecular weight excluding hydrogens is 308 g/mol. The minimum Gasteiger partial charge on any atom is -0.371 e. The summed E-state index contributed by atoms with van der Waals surface area (Å²) >= 11 is 7.34. The lowest BCUT2D eigenvalue weighted by atomic mass is 10.1. The zero-order valence-electron chi connectivity index (χ0n) is 12.3. The predicted octanol–water partition coefficient (Wildman–Crippen LogP) is 3.45. The van der Waals surface area contributed by atoms with Crippen LogP contribution in [0.5, 0.6) is 0 Å². The van der Waals surface area contributed by atoms with E-state index in [2.05, 4.69) is 26.3 Å². The Bertz CT molecular complexity index is 630. The Labute approximate surface area is 133 Å². The van der Waals surface area contributed by atoms with E-state index in [4.69, 9.17) is 11.6 Å². The first-order chi connectivity index (χ1) is 10.0. The summed E-state index contributed by atoms with van der Waals surface area (Å²) < 4.78 is 8.41. The summed E-state index contributed by atoms with van der Waals surface area (Å²) in [5, 5.41) is 6.67. The Morgan fingerprint density at radius 2 is 2.14 bits per heavy atom. The fraction of sp³-hybridized carbons (Fsp3) is 0.500. The van der Waals surface area contributed by atoms with Crippen LogP contribution in [-0.2, 0) is 4.79 Å². The summed E-state index contributed by atoms with van der Waals surface area (Å²) in [4.78, 5) is 12.2. The standard InChI is InChI=1S/C14H19ClN4OS/c1-4-5-8(2)16-14(20)9(3)17-12-10(15)6-7-11-13(12)19-21-18-11/h6-9,17H,4-5H2,1-3H3,(H,16,20). The third-order valence-corrected chi connectivity index (χ3v) is 4.10. The van der Waals surface area contributed by atoms with Gasteiger partial charge in [-0.2, -0.15) is 8.75 Å². The summed E-state index contributed by atoms with van der Waals surface area (Å²) in [6, 6.07) is 3.35. The molecule has 1 amide bonds. The van der Waals surface area contributed by atoms with Gasteiger partial charge in [0.05, 0.1) is 22.4 Å². The van der Waals surface area contributed by atoms with E-state index >= 15 is 0 Å². The molecule has 1 aromatic heterocycles. The number of hydrogen-bond donors (Lipinski definition) is 2. The number of nitrogens with zero attached hydrogens (tertiary/aromatic N) is 2. The SMILES string of the molecule is CCCC(C)NC(=O)C(C)Nc1c(Cl)ccc2nsnc12. The minimum absolute atomic E-state index is 0.0489. The van der Waals surface area contributed by atoms with Crippen LogP contribution in [0.3, 0.4) is 0 Å². The highest BCUT2D eigenvalue weighted by Gasteiger charge is 2.18. The molecule has 5 nitrogen and oxygen atoms in total. The fourth-order valence-electron chi connectivity index (χ4n) is 2.12. The van der Waals surface area contributed by atoms with Gasteiger partial charge in [0, 0.05) is 6.04 Å². The van der Waals surface area contributed by atoms with E-state index in [1.165, 1.54) is 0 Å². The molecule has 21 heavy (non-hydrogen) atoms. The van der Waals surface area contributed by atoms with E-state index in [1.54, 1.807) is 6.07 Å². The summed E-state index contributed by atoms with van der Waals surface area (Å²) in [6.07, 6.45) is 2.00. The highest BCUT2D eigenvalue weighted by molar-refractivity contribution is 7.00. The van der Waals surface area contributed by atoms with Gasteiger partial charge in [-0.25, -0.2) is 0 Å². The quantitative estimate of drug-likeness (QED) is 0.853. The Morgan fingerprint density at radius 1 is 1.38 bits per heavy atom. The van der Waals surface area contributed by atoms with Crippen molar-refractivity contribution >= 4 is 46.0 Å². The van der Waals surface area contributed by atoms with Crippen LogP contribution in [0.1, 0.15) is 33.6 Å². The lowest BCUT2D eigenvalue weighted by Gasteiger charge is -2.19. The van der Waals surface area contributed by atoms with Crippen molar-refractivity contribution in [3.8, 4) is 0 Å². The maximum absolute atomic E-state index is 12.2. The lowest BCUT2D eigenvalue weighted by Crippen LogP contribution is -2.42. The van der Waals surface area contributed by atoms with Gasteiger partial charge in [-0.3, -0.25) is 4.79 Å². The van der Waals surface area contributed by atoms with Gasteiger partial charge in [0.2, 0.25) is 5.91 Å². The second-order valence-electron chi connectivity index (χ2n) is 5.12. The molecule has 2 rings (SSSR count). The largest absolute Gasteiger partial charge is 0.371 e. The number of aromatic nitrogens is 2. The van der Waals surface area contributed by atoms with Crippen LogP contribution in [0.4, 0.5) is 5.69 Å². The first kappa shape index (κ1) is 16.0. The van der Waals surface area contributed by atoms with E-state index in [1.807, 2.05) is 19.9 Å². The molecule has 2 N–H and O–H groups in total. The Hall–Kier alpha value is -1.40. The molecule has 2 atom stereocenters. The minimum atomic E-state index is -0.394. The van der Waals surface area contributed by atoms with Gasteiger partial charge in [0.1, 0.15) is 17.1 Å². The van der Waals surface area contributed by atoms with Crippen LogP contribution in [0.15, 0.2) is 12.1 Å².